The Morgan fingerprint density at radius 1 is 0.605 bits per heavy atom. The predicted octanol–water partition coefficient (Wildman–Crippen LogP) is 7.99. The molecule has 3 heterocycles. The fourth-order valence-corrected chi connectivity index (χ4v) is 7.13. The van der Waals surface area contributed by atoms with E-state index in [1.165, 1.54) is 26.7 Å². The van der Waals surface area contributed by atoms with Crippen LogP contribution in [0.4, 0.5) is 0 Å². The molecule has 2 aromatic heterocycles. The van der Waals surface area contributed by atoms with Gasteiger partial charge in [-0.15, -0.1) is 11.8 Å². The first kappa shape index (κ1) is 21.6. The average molecular weight is 507 g/mol. The minimum atomic E-state index is 0.383. The molecule has 4 nitrogen and oxygen atoms in total. The van der Waals surface area contributed by atoms with Crippen molar-refractivity contribution < 1.29 is 0 Å². The molecule has 1 aliphatic heterocycles. The van der Waals surface area contributed by atoms with Crippen LogP contribution in [0.25, 0.3) is 50.5 Å². The molecular weight excluding hydrogens is 484 g/mol. The van der Waals surface area contributed by atoms with Crippen molar-refractivity contribution in [3.63, 3.8) is 0 Å². The molecule has 0 amide bonds. The van der Waals surface area contributed by atoms with Crippen molar-refractivity contribution in [2.24, 2.45) is 0 Å². The summed E-state index contributed by atoms with van der Waals surface area (Å²) < 4.78 is 2.25. The normalized spacial score (nSPS) is 17.7. The third-order valence-corrected chi connectivity index (χ3v) is 8.79. The highest BCUT2D eigenvalue weighted by Crippen LogP contribution is 2.52. The Labute approximate surface area is 224 Å². The fourth-order valence-electron chi connectivity index (χ4n) is 5.65. The zero-order valence-electron chi connectivity index (χ0n) is 20.4. The van der Waals surface area contributed by atoms with Crippen molar-refractivity contribution in [1.82, 2.24) is 19.5 Å². The van der Waals surface area contributed by atoms with Gasteiger partial charge < -0.3 is 0 Å². The van der Waals surface area contributed by atoms with Gasteiger partial charge in [0.2, 0.25) is 5.95 Å². The SMILES string of the molecule is C1=CC2Sc3c(ccc4c5ccccc5n(-c5nc(-c6ccccc6)nc(-c6ccccc6)n5)c34)C2C=C1. The van der Waals surface area contributed by atoms with Crippen molar-refractivity contribution in [2.45, 2.75) is 16.1 Å². The van der Waals surface area contributed by atoms with Crippen LogP contribution < -0.4 is 0 Å². The summed E-state index contributed by atoms with van der Waals surface area (Å²) in [5, 5.41) is 2.83. The molecule has 4 aromatic carbocycles. The van der Waals surface area contributed by atoms with Crippen LogP contribution in [0.5, 0.6) is 0 Å². The summed E-state index contributed by atoms with van der Waals surface area (Å²) >= 11 is 1.94. The van der Waals surface area contributed by atoms with E-state index < -0.39 is 0 Å². The zero-order chi connectivity index (χ0) is 25.1. The summed E-state index contributed by atoms with van der Waals surface area (Å²) in [5.41, 5.74) is 5.58. The quantitative estimate of drug-likeness (QED) is 0.244. The van der Waals surface area contributed by atoms with E-state index in [0.717, 1.165) is 16.6 Å². The van der Waals surface area contributed by atoms with Crippen LogP contribution >= 0.6 is 11.8 Å². The molecule has 0 spiro atoms. The number of hydrogen-bond donors (Lipinski definition) is 0. The molecule has 180 valence electrons. The average Bonchev–Trinajstić information content (AvgIpc) is 3.54. The number of para-hydroxylation sites is 1. The van der Waals surface area contributed by atoms with Crippen LogP contribution in [0.2, 0.25) is 0 Å². The summed E-state index contributed by atoms with van der Waals surface area (Å²) in [6, 6.07) is 33.5. The monoisotopic (exact) mass is 506 g/mol. The summed E-state index contributed by atoms with van der Waals surface area (Å²) in [6.45, 7) is 0. The summed E-state index contributed by atoms with van der Waals surface area (Å²) in [5.74, 6) is 2.35. The van der Waals surface area contributed by atoms with Gasteiger partial charge in [0.1, 0.15) is 0 Å². The Bertz CT molecular complexity index is 1850. The second-order valence-corrected chi connectivity index (χ2v) is 10.8. The van der Waals surface area contributed by atoms with Crippen LogP contribution in [0.1, 0.15) is 11.5 Å². The lowest BCUT2D eigenvalue weighted by Crippen LogP contribution is -2.07. The van der Waals surface area contributed by atoms with Gasteiger partial charge in [-0.3, -0.25) is 4.57 Å². The number of rotatable bonds is 3. The van der Waals surface area contributed by atoms with E-state index in [2.05, 4.69) is 89.5 Å². The first-order valence-corrected chi connectivity index (χ1v) is 13.7. The number of thioether (sulfide) groups is 1. The first-order chi connectivity index (χ1) is 18.8. The number of benzene rings is 4. The topological polar surface area (TPSA) is 43.6 Å². The molecule has 8 rings (SSSR count). The zero-order valence-corrected chi connectivity index (χ0v) is 21.2. The molecule has 2 atom stereocenters. The molecule has 2 unspecified atom stereocenters. The fraction of sp³-hybridized carbons (Fsp3) is 0.0606. The number of allylic oxidation sites excluding steroid dienone is 3. The van der Waals surface area contributed by atoms with E-state index in [1.807, 2.05) is 48.2 Å². The lowest BCUT2D eigenvalue weighted by molar-refractivity contribution is 0.880. The minimum Gasteiger partial charge on any atom is -0.277 e. The Hall–Kier alpha value is -4.48. The molecule has 6 aromatic rings. The van der Waals surface area contributed by atoms with Gasteiger partial charge in [0.25, 0.3) is 0 Å². The van der Waals surface area contributed by atoms with Gasteiger partial charge in [-0.2, -0.15) is 9.97 Å². The number of fused-ring (bicyclic) bond motifs is 7. The van der Waals surface area contributed by atoms with Gasteiger partial charge in [0, 0.05) is 38.0 Å². The van der Waals surface area contributed by atoms with Gasteiger partial charge in [0.05, 0.1) is 11.0 Å². The maximum Gasteiger partial charge on any atom is 0.238 e. The number of nitrogens with zero attached hydrogens (tertiary/aromatic N) is 4. The molecule has 0 bridgehead atoms. The molecule has 5 heteroatoms. The number of aromatic nitrogens is 4. The second kappa shape index (κ2) is 8.54. The van der Waals surface area contributed by atoms with E-state index >= 15 is 0 Å². The van der Waals surface area contributed by atoms with E-state index in [4.69, 9.17) is 15.0 Å². The molecule has 0 radical (unpaired) electrons. The van der Waals surface area contributed by atoms with Gasteiger partial charge in [-0.05, 0) is 11.6 Å². The smallest absolute Gasteiger partial charge is 0.238 e. The third-order valence-electron chi connectivity index (χ3n) is 7.41. The highest BCUT2D eigenvalue weighted by molar-refractivity contribution is 8.00. The minimum absolute atomic E-state index is 0.383. The van der Waals surface area contributed by atoms with E-state index in [0.29, 0.717) is 28.8 Å². The maximum atomic E-state index is 5.09. The largest absolute Gasteiger partial charge is 0.277 e. The second-order valence-electron chi connectivity index (χ2n) is 9.63. The Balaban J connectivity index is 1.46. The highest BCUT2D eigenvalue weighted by Gasteiger charge is 2.34. The molecule has 2 aliphatic rings. The molecule has 1 aliphatic carbocycles. The van der Waals surface area contributed by atoms with Gasteiger partial charge >= 0.3 is 0 Å². The van der Waals surface area contributed by atoms with Crippen molar-refractivity contribution in [3.8, 4) is 28.7 Å². The van der Waals surface area contributed by atoms with Crippen molar-refractivity contribution in [3.05, 3.63) is 127 Å². The Kier molecular flexibility index (Phi) is 4.85. The summed E-state index contributed by atoms with van der Waals surface area (Å²) in [4.78, 5) is 16.4. The van der Waals surface area contributed by atoms with Gasteiger partial charge in [-0.1, -0.05) is 115 Å². The first-order valence-electron chi connectivity index (χ1n) is 12.8. The molecule has 38 heavy (non-hydrogen) atoms. The van der Waals surface area contributed by atoms with Gasteiger partial charge in [0.15, 0.2) is 11.6 Å². The maximum absolute atomic E-state index is 5.09. The van der Waals surface area contributed by atoms with Crippen LogP contribution in [0, 0.1) is 0 Å². The Morgan fingerprint density at radius 2 is 1.26 bits per heavy atom. The van der Waals surface area contributed by atoms with Crippen LogP contribution in [-0.4, -0.2) is 24.8 Å². The van der Waals surface area contributed by atoms with Crippen LogP contribution in [0.15, 0.2) is 126 Å². The van der Waals surface area contributed by atoms with Crippen molar-refractivity contribution in [1.29, 1.82) is 0 Å². The van der Waals surface area contributed by atoms with Crippen molar-refractivity contribution in [2.75, 3.05) is 0 Å². The molecule has 0 saturated carbocycles. The number of hydrogen-bond acceptors (Lipinski definition) is 4. The van der Waals surface area contributed by atoms with E-state index in [-0.39, 0.29) is 0 Å². The summed E-state index contributed by atoms with van der Waals surface area (Å²) in [6.07, 6.45) is 8.97. The summed E-state index contributed by atoms with van der Waals surface area (Å²) in [7, 11) is 0. The molecule has 0 N–H and O–H groups in total. The van der Waals surface area contributed by atoms with Crippen molar-refractivity contribution >= 4 is 33.6 Å². The lowest BCUT2D eigenvalue weighted by Gasteiger charge is -2.14. The molecule has 0 saturated heterocycles. The van der Waals surface area contributed by atoms with Crippen LogP contribution in [0.3, 0.4) is 0 Å². The van der Waals surface area contributed by atoms with Gasteiger partial charge in [-0.25, -0.2) is 4.98 Å². The third kappa shape index (κ3) is 3.29. The molecule has 0 fully saturated rings. The lowest BCUT2D eigenvalue weighted by atomic mass is 9.92. The highest BCUT2D eigenvalue weighted by atomic mass is 32.2. The van der Waals surface area contributed by atoms with E-state index in [9.17, 15) is 0 Å². The Morgan fingerprint density at radius 3 is 2.00 bits per heavy atom. The predicted molar refractivity (Wildman–Crippen MR) is 156 cm³/mol. The standard InChI is InChI=1S/C33H22N4S/c1-3-11-21(12-4-1)31-34-32(22-13-5-2-6-14-22)36-33(35-31)37-27-17-9-7-15-23(27)25-19-20-26-24-16-8-10-18-28(24)38-30(26)29(25)37/h1-20,24,28H. The van der Waals surface area contributed by atoms with Crippen LogP contribution in [-0.2, 0) is 0 Å². The molecular formula is C33H22N4S. The van der Waals surface area contributed by atoms with E-state index in [1.54, 1.807) is 0 Å².